The topological polar surface area (TPSA) is 64.3 Å². The lowest BCUT2D eigenvalue weighted by atomic mass is 9.84. The number of carboxylic acids is 1. The van der Waals surface area contributed by atoms with Crippen LogP contribution in [0.2, 0.25) is 0 Å². The molecule has 112 valence electrons. The summed E-state index contributed by atoms with van der Waals surface area (Å²) in [6.45, 7) is 3.87. The molecule has 1 saturated heterocycles. The third-order valence-electron chi connectivity index (χ3n) is 4.18. The molecule has 2 unspecified atom stereocenters. The first kappa shape index (κ1) is 15.8. The van der Waals surface area contributed by atoms with Gasteiger partial charge >= 0.3 is 5.97 Å². The third kappa shape index (κ3) is 3.98. The third-order valence-corrected chi connectivity index (χ3v) is 4.81. The van der Waals surface area contributed by atoms with E-state index >= 15 is 0 Å². The number of carbonyl (C=O) groups is 1. The van der Waals surface area contributed by atoms with Crippen LogP contribution in [0.15, 0.2) is 22.7 Å². The summed E-state index contributed by atoms with van der Waals surface area (Å²) in [7, 11) is 0. The second kappa shape index (κ2) is 6.95. The van der Waals surface area contributed by atoms with Crippen molar-refractivity contribution in [3.63, 3.8) is 0 Å². The van der Waals surface area contributed by atoms with Crippen molar-refractivity contribution in [2.45, 2.75) is 26.2 Å². The number of anilines is 1. The summed E-state index contributed by atoms with van der Waals surface area (Å²) in [5.74, 6) is -0.140. The van der Waals surface area contributed by atoms with Gasteiger partial charge in [0.25, 0.3) is 0 Å². The van der Waals surface area contributed by atoms with E-state index in [-0.39, 0.29) is 12.3 Å². The summed E-state index contributed by atoms with van der Waals surface area (Å²) in [6, 6.07) is 7.75. The van der Waals surface area contributed by atoms with Crippen molar-refractivity contribution in [2.75, 3.05) is 18.0 Å². The molecule has 2 rings (SSSR count). The number of rotatable bonds is 4. The largest absolute Gasteiger partial charge is 0.481 e. The minimum absolute atomic E-state index is 0.183. The van der Waals surface area contributed by atoms with E-state index in [9.17, 15) is 4.79 Å². The van der Waals surface area contributed by atoms with Crippen LogP contribution in [0.3, 0.4) is 0 Å². The van der Waals surface area contributed by atoms with Gasteiger partial charge in [0, 0.05) is 24.0 Å². The van der Waals surface area contributed by atoms with E-state index in [0.717, 1.165) is 36.1 Å². The number of piperidine rings is 1. The maximum Gasteiger partial charge on any atom is 0.303 e. The van der Waals surface area contributed by atoms with E-state index < -0.39 is 5.97 Å². The number of carboxylic acid groups (broad SMARTS) is 1. The Morgan fingerprint density at radius 1 is 1.62 bits per heavy atom. The molecule has 1 aliphatic heterocycles. The first-order valence-electron chi connectivity index (χ1n) is 7.17. The minimum atomic E-state index is -0.723. The van der Waals surface area contributed by atoms with Gasteiger partial charge in [-0.2, -0.15) is 5.26 Å². The van der Waals surface area contributed by atoms with Gasteiger partial charge in [-0.15, -0.1) is 0 Å². The summed E-state index contributed by atoms with van der Waals surface area (Å²) in [4.78, 5) is 13.2. The highest BCUT2D eigenvalue weighted by Gasteiger charge is 2.26. The van der Waals surface area contributed by atoms with Gasteiger partial charge in [-0.1, -0.05) is 6.92 Å². The van der Waals surface area contributed by atoms with Gasteiger partial charge in [-0.05, 0) is 58.8 Å². The van der Waals surface area contributed by atoms with Gasteiger partial charge in [-0.25, -0.2) is 0 Å². The quantitative estimate of drug-likeness (QED) is 0.899. The number of nitriles is 1. The van der Waals surface area contributed by atoms with Crippen molar-refractivity contribution >= 4 is 27.6 Å². The molecule has 0 spiro atoms. The fourth-order valence-corrected chi connectivity index (χ4v) is 3.60. The SMILES string of the molecule is CC(CC(=O)O)C1CCCN(c2ccc(C#N)cc2Br)C1. The molecular formula is C16H19BrN2O2. The van der Waals surface area contributed by atoms with Crippen LogP contribution in [0.1, 0.15) is 31.7 Å². The summed E-state index contributed by atoms with van der Waals surface area (Å²) in [5.41, 5.74) is 1.72. The Kier molecular flexibility index (Phi) is 5.24. The predicted octanol–water partition coefficient (Wildman–Crippen LogP) is 3.65. The Labute approximate surface area is 133 Å². The van der Waals surface area contributed by atoms with Gasteiger partial charge in [0.1, 0.15) is 0 Å². The van der Waals surface area contributed by atoms with E-state index in [0.29, 0.717) is 11.5 Å². The zero-order valence-corrected chi connectivity index (χ0v) is 13.6. The molecular weight excluding hydrogens is 332 g/mol. The zero-order valence-electron chi connectivity index (χ0n) is 12.1. The predicted molar refractivity (Wildman–Crippen MR) is 85.2 cm³/mol. The van der Waals surface area contributed by atoms with Crippen molar-refractivity contribution in [1.82, 2.24) is 0 Å². The highest BCUT2D eigenvalue weighted by atomic mass is 79.9. The van der Waals surface area contributed by atoms with Crippen molar-refractivity contribution in [1.29, 1.82) is 5.26 Å². The molecule has 1 fully saturated rings. The molecule has 0 aliphatic carbocycles. The maximum atomic E-state index is 10.9. The highest BCUT2D eigenvalue weighted by Crippen LogP contribution is 2.33. The second-order valence-corrected chi connectivity index (χ2v) is 6.56. The van der Waals surface area contributed by atoms with Crippen LogP contribution in [0.4, 0.5) is 5.69 Å². The zero-order chi connectivity index (χ0) is 15.4. The first-order valence-corrected chi connectivity index (χ1v) is 7.97. The molecule has 1 aromatic carbocycles. The van der Waals surface area contributed by atoms with Gasteiger partial charge in [0.15, 0.2) is 0 Å². The second-order valence-electron chi connectivity index (χ2n) is 5.70. The summed E-state index contributed by atoms with van der Waals surface area (Å²) in [5, 5.41) is 17.9. The fraction of sp³-hybridized carbons (Fsp3) is 0.500. The van der Waals surface area contributed by atoms with Gasteiger partial charge in [-0.3, -0.25) is 4.79 Å². The highest BCUT2D eigenvalue weighted by molar-refractivity contribution is 9.10. The fourth-order valence-electron chi connectivity index (χ4n) is 2.97. The van der Waals surface area contributed by atoms with E-state index in [1.54, 1.807) is 0 Å². The van der Waals surface area contributed by atoms with E-state index in [1.807, 2.05) is 25.1 Å². The number of halogens is 1. The Balaban J connectivity index is 2.11. The number of hydrogen-bond acceptors (Lipinski definition) is 3. The molecule has 4 nitrogen and oxygen atoms in total. The Morgan fingerprint density at radius 2 is 2.38 bits per heavy atom. The van der Waals surface area contributed by atoms with E-state index in [4.69, 9.17) is 10.4 Å². The smallest absolute Gasteiger partial charge is 0.303 e. The molecule has 21 heavy (non-hydrogen) atoms. The Morgan fingerprint density at radius 3 is 3.00 bits per heavy atom. The van der Waals surface area contributed by atoms with Crippen LogP contribution in [0, 0.1) is 23.2 Å². The molecule has 5 heteroatoms. The van der Waals surface area contributed by atoms with Gasteiger partial charge in [0.05, 0.1) is 17.3 Å². The lowest BCUT2D eigenvalue weighted by Gasteiger charge is -2.37. The molecule has 0 saturated carbocycles. The molecule has 0 bridgehead atoms. The average molecular weight is 351 g/mol. The van der Waals surface area contributed by atoms with Gasteiger partial charge < -0.3 is 10.0 Å². The summed E-state index contributed by atoms with van der Waals surface area (Å²) >= 11 is 3.53. The standard InChI is InChI=1S/C16H19BrN2O2/c1-11(7-16(20)21)13-3-2-6-19(10-13)15-5-4-12(9-18)8-14(15)17/h4-5,8,11,13H,2-3,6-7,10H2,1H3,(H,20,21). The molecule has 1 aliphatic rings. The van der Waals surface area contributed by atoms with Crippen LogP contribution < -0.4 is 4.90 Å². The lowest BCUT2D eigenvalue weighted by Crippen LogP contribution is -2.38. The van der Waals surface area contributed by atoms with Crippen molar-refractivity contribution in [3.8, 4) is 6.07 Å². The first-order chi connectivity index (χ1) is 10.0. The Hall–Kier alpha value is -1.54. The minimum Gasteiger partial charge on any atom is -0.481 e. The average Bonchev–Trinajstić information content (AvgIpc) is 2.46. The number of aliphatic carboxylic acids is 1. The van der Waals surface area contributed by atoms with Crippen molar-refractivity contribution in [3.05, 3.63) is 28.2 Å². The van der Waals surface area contributed by atoms with Crippen LogP contribution in [-0.2, 0) is 4.79 Å². The monoisotopic (exact) mass is 350 g/mol. The molecule has 1 heterocycles. The molecule has 1 aromatic rings. The van der Waals surface area contributed by atoms with Gasteiger partial charge in [0.2, 0.25) is 0 Å². The van der Waals surface area contributed by atoms with Crippen LogP contribution in [0.5, 0.6) is 0 Å². The molecule has 0 radical (unpaired) electrons. The molecule has 0 aromatic heterocycles. The van der Waals surface area contributed by atoms with Crippen molar-refractivity contribution in [2.24, 2.45) is 11.8 Å². The van der Waals surface area contributed by atoms with Crippen LogP contribution >= 0.6 is 15.9 Å². The van der Waals surface area contributed by atoms with Crippen LogP contribution in [0.25, 0.3) is 0 Å². The number of benzene rings is 1. The maximum absolute atomic E-state index is 10.9. The number of nitrogens with zero attached hydrogens (tertiary/aromatic N) is 2. The molecule has 2 atom stereocenters. The van der Waals surface area contributed by atoms with E-state index in [2.05, 4.69) is 26.9 Å². The molecule has 1 N–H and O–H groups in total. The van der Waals surface area contributed by atoms with Crippen molar-refractivity contribution < 1.29 is 9.90 Å². The molecule has 0 amide bonds. The summed E-state index contributed by atoms with van der Waals surface area (Å²) in [6.07, 6.45) is 2.38. The normalized spacial score (nSPS) is 19.9. The Bertz CT molecular complexity index is 568. The summed E-state index contributed by atoms with van der Waals surface area (Å²) < 4.78 is 0.924. The lowest BCUT2D eigenvalue weighted by molar-refractivity contribution is -0.138. The van der Waals surface area contributed by atoms with Crippen LogP contribution in [-0.4, -0.2) is 24.2 Å². The number of hydrogen-bond donors (Lipinski definition) is 1. The van der Waals surface area contributed by atoms with E-state index in [1.165, 1.54) is 0 Å².